The van der Waals surface area contributed by atoms with Gasteiger partial charge in [0.1, 0.15) is 30.0 Å². The first-order valence-corrected chi connectivity index (χ1v) is 4.00. The van der Waals surface area contributed by atoms with Gasteiger partial charge >= 0.3 is 0 Å². The van der Waals surface area contributed by atoms with Crippen molar-refractivity contribution >= 4 is 0 Å². The topological polar surface area (TPSA) is 127 Å². The molecular formula is C7H15NO5. The van der Waals surface area contributed by atoms with Gasteiger partial charge in [-0.3, -0.25) is 0 Å². The Kier molecular flexibility index (Phi) is 2.63. The average molecular weight is 193 g/mol. The molecule has 6 nitrogen and oxygen atoms in total. The van der Waals surface area contributed by atoms with E-state index in [4.69, 9.17) is 10.8 Å². The second-order valence-corrected chi connectivity index (χ2v) is 3.67. The van der Waals surface area contributed by atoms with Crippen LogP contribution >= 0.6 is 0 Å². The van der Waals surface area contributed by atoms with Gasteiger partial charge in [-0.1, -0.05) is 0 Å². The van der Waals surface area contributed by atoms with Crippen LogP contribution < -0.4 is 5.73 Å². The minimum atomic E-state index is -1.81. The third-order valence-corrected chi connectivity index (χ3v) is 2.66. The maximum absolute atomic E-state index is 9.56. The van der Waals surface area contributed by atoms with Crippen LogP contribution in [0.1, 0.15) is 6.92 Å². The molecule has 1 rings (SSSR count). The molecule has 1 aliphatic carbocycles. The molecule has 0 amide bonds. The van der Waals surface area contributed by atoms with Crippen molar-refractivity contribution in [2.75, 3.05) is 0 Å². The fraction of sp³-hybridized carbons (Fsp3) is 1.00. The van der Waals surface area contributed by atoms with Crippen LogP contribution in [-0.2, 0) is 0 Å². The molecule has 6 heteroatoms. The van der Waals surface area contributed by atoms with E-state index in [1.165, 1.54) is 6.92 Å². The van der Waals surface area contributed by atoms with Crippen molar-refractivity contribution in [3.8, 4) is 0 Å². The maximum Gasteiger partial charge on any atom is 0.112 e. The van der Waals surface area contributed by atoms with Crippen LogP contribution in [0.25, 0.3) is 0 Å². The van der Waals surface area contributed by atoms with Gasteiger partial charge in [0, 0.05) is 0 Å². The molecule has 6 atom stereocenters. The van der Waals surface area contributed by atoms with Crippen LogP contribution in [0.2, 0.25) is 0 Å². The van der Waals surface area contributed by atoms with Gasteiger partial charge in [-0.2, -0.15) is 0 Å². The van der Waals surface area contributed by atoms with E-state index in [0.717, 1.165) is 0 Å². The zero-order chi connectivity index (χ0) is 10.4. The zero-order valence-corrected chi connectivity index (χ0v) is 7.20. The quantitative estimate of drug-likeness (QED) is 0.237. The zero-order valence-electron chi connectivity index (χ0n) is 7.20. The van der Waals surface area contributed by atoms with Gasteiger partial charge < -0.3 is 31.3 Å². The molecule has 0 bridgehead atoms. The highest BCUT2D eigenvalue weighted by molar-refractivity contribution is 5.07. The molecule has 13 heavy (non-hydrogen) atoms. The lowest BCUT2D eigenvalue weighted by atomic mass is 9.75. The Balaban J connectivity index is 2.93. The van der Waals surface area contributed by atoms with Crippen LogP contribution in [0.5, 0.6) is 0 Å². The molecule has 78 valence electrons. The van der Waals surface area contributed by atoms with Gasteiger partial charge in [-0.15, -0.1) is 0 Å². The molecule has 0 heterocycles. The summed E-state index contributed by atoms with van der Waals surface area (Å²) in [5.74, 6) is 0. The van der Waals surface area contributed by atoms with Crippen LogP contribution in [0.4, 0.5) is 0 Å². The van der Waals surface area contributed by atoms with Gasteiger partial charge in [0.15, 0.2) is 0 Å². The summed E-state index contributed by atoms with van der Waals surface area (Å²) in [4.78, 5) is 0. The minimum Gasteiger partial charge on any atom is -0.389 e. The van der Waals surface area contributed by atoms with E-state index in [1.807, 2.05) is 0 Å². The van der Waals surface area contributed by atoms with Crippen molar-refractivity contribution in [1.29, 1.82) is 0 Å². The lowest BCUT2D eigenvalue weighted by molar-refractivity contribution is -0.221. The van der Waals surface area contributed by atoms with Crippen LogP contribution in [-0.4, -0.2) is 61.6 Å². The number of hydrogen-bond donors (Lipinski definition) is 6. The van der Waals surface area contributed by atoms with Gasteiger partial charge in [-0.25, -0.2) is 0 Å². The second-order valence-electron chi connectivity index (χ2n) is 3.67. The number of nitrogens with two attached hydrogens (primary N) is 1. The van der Waals surface area contributed by atoms with Crippen molar-refractivity contribution in [3.05, 3.63) is 0 Å². The Morgan fingerprint density at radius 2 is 1.46 bits per heavy atom. The van der Waals surface area contributed by atoms with Gasteiger partial charge in [-0.05, 0) is 6.92 Å². The Morgan fingerprint density at radius 3 is 1.92 bits per heavy atom. The molecular weight excluding hydrogens is 178 g/mol. The first kappa shape index (κ1) is 10.8. The molecule has 1 aliphatic rings. The second kappa shape index (κ2) is 3.16. The van der Waals surface area contributed by atoms with Gasteiger partial charge in [0.2, 0.25) is 0 Å². The van der Waals surface area contributed by atoms with Crippen molar-refractivity contribution in [2.24, 2.45) is 5.73 Å². The molecule has 0 spiro atoms. The lowest BCUT2D eigenvalue weighted by Gasteiger charge is -2.46. The lowest BCUT2D eigenvalue weighted by Crippen LogP contribution is -2.72. The fourth-order valence-electron chi connectivity index (χ4n) is 1.49. The largest absolute Gasteiger partial charge is 0.389 e. The summed E-state index contributed by atoms with van der Waals surface area (Å²) in [5, 5.41) is 46.5. The van der Waals surface area contributed by atoms with E-state index in [9.17, 15) is 20.4 Å². The molecule has 0 aromatic rings. The smallest absolute Gasteiger partial charge is 0.112 e. The minimum absolute atomic E-state index is 1.19. The highest BCUT2D eigenvalue weighted by atomic mass is 16.4. The average Bonchev–Trinajstić information content (AvgIpc) is 2.09. The summed E-state index contributed by atoms with van der Waals surface area (Å²) in [6, 6.07) is -1.19. The first-order valence-electron chi connectivity index (χ1n) is 4.00. The van der Waals surface area contributed by atoms with E-state index in [2.05, 4.69) is 0 Å². The van der Waals surface area contributed by atoms with Crippen molar-refractivity contribution in [2.45, 2.75) is 43.0 Å². The number of aliphatic hydroxyl groups is 5. The van der Waals surface area contributed by atoms with Gasteiger partial charge in [0.25, 0.3) is 0 Å². The normalized spacial score (nSPS) is 57.9. The van der Waals surface area contributed by atoms with Gasteiger partial charge in [0.05, 0.1) is 6.04 Å². The molecule has 0 aromatic carbocycles. The third-order valence-electron chi connectivity index (χ3n) is 2.66. The van der Waals surface area contributed by atoms with Crippen molar-refractivity contribution in [1.82, 2.24) is 0 Å². The number of hydrogen-bond acceptors (Lipinski definition) is 6. The summed E-state index contributed by atoms with van der Waals surface area (Å²) in [6.45, 7) is 1.20. The maximum atomic E-state index is 9.56. The van der Waals surface area contributed by atoms with Crippen LogP contribution in [0.3, 0.4) is 0 Å². The van der Waals surface area contributed by atoms with E-state index < -0.39 is 36.1 Å². The third kappa shape index (κ3) is 1.45. The highest BCUT2D eigenvalue weighted by Crippen LogP contribution is 2.28. The molecule has 0 saturated heterocycles. The molecule has 0 aromatic heterocycles. The number of rotatable bonds is 0. The molecule has 0 aliphatic heterocycles. The summed E-state index contributed by atoms with van der Waals surface area (Å²) < 4.78 is 0. The number of aliphatic hydroxyl groups excluding tert-OH is 4. The summed E-state index contributed by atoms with van der Waals surface area (Å²) in [7, 11) is 0. The molecule has 0 radical (unpaired) electrons. The fourth-order valence-corrected chi connectivity index (χ4v) is 1.49. The van der Waals surface area contributed by atoms with Crippen LogP contribution in [0.15, 0.2) is 0 Å². The molecule has 1 fully saturated rings. The molecule has 7 N–H and O–H groups in total. The van der Waals surface area contributed by atoms with E-state index in [0.29, 0.717) is 0 Å². The Morgan fingerprint density at radius 1 is 1.00 bits per heavy atom. The predicted octanol–water partition coefficient (Wildman–Crippen LogP) is -3.48. The molecule has 1 saturated carbocycles. The summed E-state index contributed by atoms with van der Waals surface area (Å²) in [5.41, 5.74) is 3.56. The standard InChI is InChI=1S/C7H15NO5/c1-7(13)5(8)3(10)2(9)4(11)6(7)12/h2-6,9-13H,8H2,1H3. The highest BCUT2D eigenvalue weighted by Gasteiger charge is 2.53. The Hall–Kier alpha value is -0.240. The Bertz CT molecular complexity index is 179. The predicted molar refractivity (Wildman–Crippen MR) is 42.6 cm³/mol. The monoisotopic (exact) mass is 193 g/mol. The van der Waals surface area contributed by atoms with Crippen LogP contribution in [0, 0.1) is 0 Å². The Labute approximate surface area is 75.2 Å². The van der Waals surface area contributed by atoms with Crippen molar-refractivity contribution < 1.29 is 25.5 Å². The van der Waals surface area contributed by atoms with E-state index in [1.54, 1.807) is 0 Å². The summed E-state index contributed by atoms with van der Waals surface area (Å²) in [6.07, 6.45) is -6.15. The molecule has 6 unspecified atom stereocenters. The SMILES string of the molecule is CC1(O)C(N)C(O)C(O)C(O)C1O. The van der Waals surface area contributed by atoms with E-state index >= 15 is 0 Å². The van der Waals surface area contributed by atoms with E-state index in [-0.39, 0.29) is 0 Å². The van der Waals surface area contributed by atoms with Crippen molar-refractivity contribution in [3.63, 3.8) is 0 Å². The summed E-state index contributed by atoms with van der Waals surface area (Å²) >= 11 is 0. The first-order chi connectivity index (χ1) is 5.80.